The fourth-order valence-electron chi connectivity index (χ4n) is 2.39. The van der Waals surface area contributed by atoms with Crippen molar-refractivity contribution in [2.75, 3.05) is 0 Å². The molecule has 1 aromatic carbocycles. The number of hydrogen-bond acceptors (Lipinski definition) is 2. The Labute approximate surface area is 170 Å². The van der Waals surface area contributed by atoms with Gasteiger partial charge < -0.3 is 4.74 Å². The highest BCUT2D eigenvalue weighted by Gasteiger charge is 2.91. The van der Waals surface area contributed by atoms with Gasteiger partial charge in [-0.25, -0.2) is 4.79 Å². The zero-order chi connectivity index (χ0) is 25.6. The third-order valence-corrected chi connectivity index (χ3v) is 4.12. The summed E-state index contributed by atoms with van der Waals surface area (Å²) in [7, 11) is 0. The lowest BCUT2D eigenvalue weighted by Gasteiger charge is -2.40. The molecule has 0 saturated heterocycles. The summed E-state index contributed by atoms with van der Waals surface area (Å²) in [5.41, 5.74) is -3.29. The van der Waals surface area contributed by atoms with Gasteiger partial charge in [-0.05, 0) is 18.1 Å². The second kappa shape index (κ2) is 8.14. The van der Waals surface area contributed by atoms with Crippen molar-refractivity contribution in [3.05, 3.63) is 42.0 Å². The number of alkyl halides is 13. The Morgan fingerprint density at radius 2 is 1.31 bits per heavy atom. The van der Waals surface area contributed by atoms with E-state index >= 15 is 0 Å². The van der Waals surface area contributed by atoms with Crippen molar-refractivity contribution in [1.29, 1.82) is 0 Å². The van der Waals surface area contributed by atoms with E-state index in [1.807, 2.05) is 0 Å². The van der Waals surface area contributed by atoms with Crippen molar-refractivity contribution in [2.24, 2.45) is 0 Å². The highest BCUT2D eigenvalue weighted by atomic mass is 19.4. The van der Waals surface area contributed by atoms with E-state index in [1.165, 1.54) is 0 Å². The Balaban J connectivity index is 3.83. The summed E-state index contributed by atoms with van der Waals surface area (Å²) in [6.45, 7) is 3.83. The fraction of sp³-hybridized carbons (Fsp3) is 0.471. The summed E-state index contributed by atoms with van der Waals surface area (Å²) in [4.78, 5) is 11.2. The molecule has 0 aliphatic heterocycles. The molecule has 0 aliphatic rings. The first-order valence-electron chi connectivity index (χ1n) is 8.07. The molecule has 0 radical (unpaired) electrons. The van der Waals surface area contributed by atoms with Crippen LogP contribution in [0.1, 0.15) is 18.1 Å². The number of benzene rings is 1. The van der Waals surface area contributed by atoms with Crippen molar-refractivity contribution < 1.29 is 66.6 Å². The summed E-state index contributed by atoms with van der Waals surface area (Å²) in [6.07, 6.45) is -7.89. The summed E-state index contributed by atoms with van der Waals surface area (Å²) >= 11 is 0. The minimum atomic E-state index is -8.02. The van der Waals surface area contributed by atoms with Crippen molar-refractivity contribution in [3.63, 3.8) is 0 Å². The van der Waals surface area contributed by atoms with Crippen LogP contribution in [0.15, 0.2) is 30.9 Å². The van der Waals surface area contributed by atoms with E-state index in [0.717, 1.165) is 13.0 Å². The monoisotopic (exact) mass is 494 g/mol. The Kier molecular flexibility index (Phi) is 7.01. The predicted molar refractivity (Wildman–Crippen MR) is 81.4 cm³/mol. The topological polar surface area (TPSA) is 26.3 Å². The quantitative estimate of drug-likeness (QED) is 0.178. The minimum Gasteiger partial charge on any atom is -0.423 e. The number of carbonyl (C=O) groups is 1. The first-order valence-corrected chi connectivity index (χ1v) is 8.07. The number of rotatable bonds is 8. The molecule has 0 atom stereocenters. The lowest BCUT2D eigenvalue weighted by molar-refractivity contribution is -0.441. The number of hydrogen-bond donors (Lipinski definition) is 0. The van der Waals surface area contributed by atoms with Gasteiger partial charge in [0.2, 0.25) is 0 Å². The Bertz CT molecular complexity index is 872. The molecule has 1 rings (SSSR count). The van der Waals surface area contributed by atoms with Crippen molar-refractivity contribution >= 4 is 5.97 Å². The molecule has 0 fully saturated rings. The van der Waals surface area contributed by atoms with Crippen LogP contribution in [0.5, 0.6) is 5.75 Å². The number of aryl methyl sites for hydroxylation is 1. The van der Waals surface area contributed by atoms with Gasteiger partial charge in [-0.2, -0.15) is 57.1 Å². The lowest BCUT2D eigenvalue weighted by Crippen LogP contribution is -2.69. The van der Waals surface area contributed by atoms with Crippen molar-refractivity contribution in [1.82, 2.24) is 0 Å². The summed E-state index contributed by atoms with van der Waals surface area (Å²) < 4.78 is 179. The van der Waals surface area contributed by atoms with Crippen LogP contribution in [0.25, 0.3) is 0 Å². The van der Waals surface area contributed by atoms with Crippen LogP contribution < -0.4 is 4.74 Å². The fourth-order valence-corrected chi connectivity index (χ4v) is 2.39. The zero-order valence-electron chi connectivity index (χ0n) is 15.5. The van der Waals surface area contributed by atoms with Gasteiger partial charge in [0.15, 0.2) is 0 Å². The molecule has 0 aliphatic carbocycles. The maximum absolute atomic E-state index is 14.6. The third kappa shape index (κ3) is 3.89. The van der Waals surface area contributed by atoms with Crippen LogP contribution in [0.2, 0.25) is 0 Å². The van der Waals surface area contributed by atoms with Crippen LogP contribution in [-0.4, -0.2) is 35.8 Å². The summed E-state index contributed by atoms with van der Waals surface area (Å²) in [6, 6.07) is 1.73. The second-order valence-corrected chi connectivity index (χ2v) is 6.14. The maximum Gasteiger partial charge on any atom is 0.460 e. The van der Waals surface area contributed by atoms with E-state index in [-0.39, 0.29) is 0 Å². The molecule has 0 unspecified atom stereocenters. The Hall–Kier alpha value is -2.48. The van der Waals surface area contributed by atoms with Crippen LogP contribution >= 0.6 is 0 Å². The maximum atomic E-state index is 14.6. The van der Waals surface area contributed by atoms with Crippen LogP contribution in [0.4, 0.5) is 57.1 Å². The van der Waals surface area contributed by atoms with E-state index in [1.54, 1.807) is 0 Å². The van der Waals surface area contributed by atoms with Gasteiger partial charge in [-0.3, -0.25) is 0 Å². The van der Waals surface area contributed by atoms with Crippen LogP contribution in [0, 0.1) is 0 Å². The van der Waals surface area contributed by atoms with Gasteiger partial charge in [-0.1, -0.05) is 25.6 Å². The standard InChI is InChI=1S/C17H11F13O2/c1-3-8-6-5-7-9(32-10(31)4-2)11(8)12(18,19)13(20,21)14(22,23)15(24,25)16(26,27)17(28,29)30/h4-7H,2-3H2,1H3. The molecule has 0 aromatic heterocycles. The molecule has 2 nitrogen and oxygen atoms in total. The van der Waals surface area contributed by atoms with Gasteiger partial charge >= 0.3 is 41.8 Å². The SMILES string of the molecule is C=CC(=O)Oc1cccc(CC)c1C(F)(F)C(F)(F)C(F)(F)C(F)(F)C(F)(F)C(F)(F)F. The van der Waals surface area contributed by atoms with Gasteiger partial charge in [0.05, 0.1) is 5.56 Å². The zero-order valence-corrected chi connectivity index (χ0v) is 15.5. The molecule has 0 spiro atoms. The van der Waals surface area contributed by atoms with Gasteiger partial charge in [0.1, 0.15) is 5.75 Å². The summed E-state index contributed by atoms with van der Waals surface area (Å²) in [5, 5.41) is 0. The van der Waals surface area contributed by atoms with Gasteiger partial charge in [0.25, 0.3) is 0 Å². The van der Waals surface area contributed by atoms with Crippen molar-refractivity contribution in [3.8, 4) is 5.75 Å². The smallest absolute Gasteiger partial charge is 0.423 e. The van der Waals surface area contributed by atoms with Crippen molar-refractivity contribution in [2.45, 2.75) is 49.1 Å². The lowest BCUT2D eigenvalue weighted by atomic mass is 9.87. The molecular weight excluding hydrogens is 483 g/mol. The van der Waals surface area contributed by atoms with Crippen LogP contribution in [0.3, 0.4) is 0 Å². The summed E-state index contributed by atoms with van der Waals surface area (Å²) in [5.74, 6) is -41.1. The molecule has 182 valence electrons. The average molecular weight is 494 g/mol. The average Bonchev–Trinajstić information content (AvgIpc) is 2.65. The number of carbonyl (C=O) groups excluding carboxylic acids is 1. The highest BCUT2D eigenvalue weighted by molar-refractivity contribution is 5.83. The molecule has 0 heterocycles. The molecular formula is C17H11F13O2. The van der Waals surface area contributed by atoms with Crippen LogP contribution in [-0.2, 0) is 17.1 Å². The highest BCUT2D eigenvalue weighted by Crippen LogP contribution is 2.63. The van der Waals surface area contributed by atoms with E-state index in [0.29, 0.717) is 18.2 Å². The van der Waals surface area contributed by atoms with Gasteiger partial charge in [-0.15, -0.1) is 0 Å². The van der Waals surface area contributed by atoms with E-state index in [4.69, 9.17) is 0 Å². The molecule has 0 bridgehead atoms. The number of halogens is 13. The minimum absolute atomic E-state index is 0.311. The molecule has 1 aromatic rings. The largest absolute Gasteiger partial charge is 0.460 e. The molecule has 0 saturated carbocycles. The van der Waals surface area contributed by atoms with E-state index < -0.39 is 65.1 Å². The number of ether oxygens (including phenoxy) is 1. The molecule has 32 heavy (non-hydrogen) atoms. The van der Waals surface area contributed by atoms with E-state index in [2.05, 4.69) is 11.3 Å². The normalized spacial score (nSPS) is 14.3. The Morgan fingerprint density at radius 3 is 1.72 bits per heavy atom. The predicted octanol–water partition coefficient (Wildman–Crippen LogP) is 6.54. The number of esters is 1. The first-order chi connectivity index (χ1) is 14.1. The van der Waals surface area contributed by atoms with E-state index in [9.17, 15) is 61.9 Å². The third-order valence-electron chi connectivity index (χ3n) is 4.12. The van der Waals surface area contributed by atoms with Gasteiger partial charge in [0, 0.05) is 6.08 Å². The second-order valence-electron chi connectivity index (χ2n) is 6.14. The molecule has 0 amide bonds. The Morgan fingerprint density at radius 1 is 0.844 bits per heavy atom. The molecule has 0 N–H and O–H groups in total. The first kappa shape index (κ1) is 27.6. The molecule has 15 heteroatoms.